The second-order valence-electron chi connectivity index (χ2n) is 8.31. The Bertz CT molecular complexity index is 1450. The highest BCUT2D eigenvalue weighted by atomic mass is 16.5. The molecule has 4 aromatic carbocycles. The SMILES string of the molecule is CCCc1ccc2c3c(C(N)=O)cccc3n(Cc3cccc(Oc4ccccc4)c3)c2c1. The van der Waals surface area contributed by atoms with Gasteiger partial charge in [0, 0.05) is 28.4 Å². The zero-order valence-electron chi connectivity index (χ0n) is 18.6. The number of fused-ring (bicyclic) bond motifs is 3. The Hall–Kier alpha value is -4.05. The third-order valence-corrected chi connectivity index (χ3v) is 5.98. The molecule has 164 valence electrons. The molecule has 5 aromatic rings. The Labute approximate surface area is 193 Å². The van der Waals surface area contributed by atoms with Crippen LogP contribution < -0.4 is 10.5 Å². The van der Waals surface area contributed by atoms with E-state index in [-0.39, 0.29) is 0 Å². The number of amides is 1. The fourth-order valence-corrected chi connectivity index (χ4v) is 4.52. The lowest BCUT2D eigenvalue weighted by molar-refractivity contribution is 0.100. The molecule has 0 saturated heterocycles. The highest BCUT2D eigenvalue weighted by molar-refractivity contribution is 6.18. The van der Waals surface area contributed by atoms with Crippen molar-refractivity contribution in [3.05, 3.63) is 108 Å². The van der Waals surface area contributed by atoms with Crippen LogP contribution >= 0.6 is 0 Å². The minimum atomic E-state index is -0.407. The molecule has 4 heteroatoms. The van der Waals surface area contributed by atoms with Gasteiger partial charge in [0.05, 0.1) is 5.52 Å². The summed E-state index contributed by atoms with van der Waals surface area (Å²) in [5.74, 6) is 1.20. The number of nitrogens with two attached hydrogens (primary N) is 1. The number of carbonyl (C=O) groups is 1. The molecule has 0 saturated carbocycles. The summed E-state index contributed by atoms with van der Waals surface area (Å²) < 4.78 is 8.32. The monoisotopic (exact) mass is 434 g/mol. The second-order valence-corrected chi connectivity index (χ2v) is 8.31. The predicted octanol–water partition coefficient (Wildman–Crippen LogP) is 6.69. The van der Waals surface area contributed by atoms with Gasteiger partial charge in [-0.25, -0.2) is 0 Å². The van der Waals surface area contributed by atoms with E-state index in [0.29, 0.717) is 12.1 Å². The van der Waals surface area contributed by atoms with Gasteiger partial charge < -0.3 is 15.0 Å². The smallest absolute Gasteiger partial charge is 0.249 e. The number of ether oxygens (including phenoxy) is 1. The first-order valence-electron chi connectivity index (χ1n) is 11.3. The first-order chi connectivity index (χ1) is 16.1. The average Bonchev–Trinajstić information content (AvgIpc) is 3.13. The minimum Gasteiger partial charge on any atom is -0.457 e. The van der Waals surface area contributed by atoms with E-state index in [0.717, 1.165) is 51.7 Å². The van der Waals surface area contributed by atoms with E-state index in [1.807, 2.05) is 54.6 Å². The Morgan fingerprint density at radius 2 is 1.61 bits per heavy atom. The number of rotatable bonds is 7. The van der Waals surface area contributed by atoms with Crippen molar-refractivity contribution in [1.82, 2.24) is 4.57 Å². The maximum Gasteiger partial charge on any atom is 0.249 e. The summed E-state index contributed by atoms with van der Waals surface area (Å²) in [6.45, 7) is 2.84. The van der Waals surface area contributed by atoms with E-state index in [9.17, 15) is 4.79 Å². The Kier molecular flexibility index (Phi) is 5.57. The van der Waals surface area contributed by atoms with Crippen LogP contribution in [-0.4, -0.2) is 10.5 Å². The topological polar surface area (TPSA) is 57.2 Å². The predicted molar refractivity (Wildman–Crippen MR) is 134 cm³/mol. The molecule has 4 nitrogen and oxygen atoms in total. The van der Waals surface area contributed by atoms with Crippen LogP contribution in [0.4, 0.5) is 0 Å². The summed E-state index contributed by atoms with van der Waals surface area (Å²) in [6.07, 6.45) is 2.09. The summed E-state index contributed by atoms with van der Waals surface area (Å²) in [5, 5.41) is 1.97. The molecule has 1 aromatic heterocycles. The third kappa shape index (κ3) is 4.08. The van der Waals surface area contributed by atoms with Crippen molar-refractivity contribution in [2.75, 3.05) is 0 Å². The minimum absolute atomic E-state index is 0.407. The maximum absolute atomic E-state index is 12.2. The van der Waals surface area contributed by atoms with Crippen LogP contribution in [0.2, 0.25) is 0 Å². The molecule has 1 heterocycles. The Morgan fingerprint density at radius 3 is 2.39 bits per heavy atom. The number of benzene rings is 4. The highest BCUT2D eigenvalue weighted by Gasteiger charge is 2.17. The van der Waals surface area contributed by atoms with Gasteiger partial charge in [-0.15, -0.1) is 0 Å². The first kappa shape index (κ1) is 20.8. The number of carbonyl (C=O) groups excluding carboxylic acids is 1. The van der Waals surface area contributed by atoms with Crippen molar-refractivity contribution in [2.24, 2.45) is 5.73 Å². The van der Waals surface area contributed by atoms with Gasteiger partial charge in [0.25, 0.3) is 0 Å². The lowest BCUT2D eigenvalue weighted by atomic mass is 10.0. The molecule has 33 heavy (non-hydrogen) atoms. The molecule has 0 aliphatic rings. The molecule has 0 radical (unpaired) electrons. The normalized spacial score (nSPS) is 11.2. The van der Waals surface area contributed by atoms with Crippen LogP contribution in [0.5, 0.6) is 11.5 Å². The summed E-state index contributed by atoms with van der Waals surface area (Å²) in [5.41, 5.74) is 10.8. The fourth-order valence-electron chi connectivity index (χ4n) is 4.52. The Morgan fingerprint density at radius 1 is 0.818 bits per heavy atom. The molecule has 0 bridgehead atoms. The summed E-state index contributed by atoms with van der Waals surface area (Å²) in [4.78, 5) is 12.2. The van der Waals surface area contributed by atoms with E-state index in [1.54, 1.807) is 0 Å². The van der Waals surface area contributed by atoms with Crippen molar-refractivity contribution < 1.29 is 9.53 Å². The van der Waals surface area contributed by atoms with E-state index in [1.165, 1.54) is 5.56 Å². The quantitative estimate of drug-likeness (QED) is 0.310. The number of para-hydroxylation sites is 1. The van der Waals surface area contributed by atoms with Gasteiger partial charge in [-0.1, -0.05) is 61.9 Å². The number of aryl methyl sites for hydroxylation is 1. The van der Waals surface area contributed by atoms with Gasteiger partial charge >= 0.3 is 0 Å². The number of nitrogens with zero attached hydrogens (tertiary/aromatic N) is 1. The van der Waals surface area contributed by atoms with Gasteiger partial charge in [-0.05, 0) is 60.0 Å². The van der Waals surface area contributed by atoms with Crippen molar-refractivity contribution >= 4 is 27.7 Å². The number of hydrogen-bond acceptors (Lipinski definition) is 2. The standard InChI is InChI=1S/C29H26N2O2/c1-2-8-20-15-16-24-27(18-20)31(26-14-7-13-25(28(24)26)29(30)32)19-21-9-6-12-23(17-21)33-22-10-4-3-5-11-22/h3-7,9-18H,2,8,19H2,1H3,(H2,30,32). The molecule has 5 rings (SSSR count). The molecule has 0 fully saturated rings. The molecule has 0 spiro atoms. The van der Waals surface area contributed by atoms with Crippen LogP contribution in [0, 0.1) is 0 Å². The maximum atomic E-state index is 12.2. The molecule has 0 aliphatic carbocycles. The Balaban J connectivity index is 1.62. The summed E-state index contributed by atoms with van der Waals surface area (Å²) in [6, 6.07) is 30.2. The van der Waals surface area contributed by atoms with Crippen molar-refractivity contribution in [3.63, 3.8) is 0 Å². The van der Waals surface area contributed by atoms with Gasteiger partial charge in [-0.3, -0.25) is 4.79 Å². The molecule has 2 N–H and O–H groups in total. The van der Waals surface area contributed by atoms with E-state index in [2.05, 4.69) is 47.9 Å². The van der Waals surface area contributed by atoms with Crippen molar-refractivity contribution in [2.45, 2.75) is 26.3 Å². The molecule has 0 atom stereocenters. The summed E-state index contributed by atoms with van der Waals surface area (Å²) >= 11 is 0. The lowest BCUT2D eigenvalue weighted by Crippen LogP contribution is -2.11. The van der Waals surface area contributed by atoms with Crippen LogP contribution in [0.3, 0.4) is 0 Å². The third-order valence-electron chi connectivity index (χ3n) is 5.98. The lowest BCUT2D eigenvalue weighted by Gasteiger charge is -2.11. The van der Waals surface area contributed by atoms with Crippen molar-refractivity contribution in [1.29, 1.82) is 0 Å². The summed E-state index contributed by atoms with van der Waals surface area (Å²) in [7, 11) is 0. The number of primary amides is 1. The van der Waals surface area contributed by atoms with Crippen LogP contribution in [0.25, 0.3) is 21.8 Å². The first-order valence-corrected chi connectivity index (χ1v) is 11.3. The van der Waals surface area contributed by atoms with E-state index >= 15 is 0 Å². The average molecular weight is 435 g/mol. The van der Waals surface area contributed by atoms with Gasteiger partial charge in [-0.2, -0.15) is 0 Å². The molecule has 1 amide bonds. The van der Waals surface area contributed by atoms with Crippen molar-refractivity contribution in [3.8, 4) is 11.5 Å². The van der Waals surface area contributed by atoms with Gasteiger partial charge in [0.15, 0.2) is 0 Å². The largest absolute Gasteiger partial charge is 0.457 e. The highest BCUT2D eigenvalue weighted by Crippen LogP contribution is 2.33. The van der Waals surface area contributed by atoms with Crippen LogP contribution in [0.15, 0.2) is 91.0 Å². The fraction of sp³-hybridized carbons (Fsp3) is 0.138. The van der Waals surface area contributed by atoms with E-state index < -0.39 is 5.91 Å². The number of aromatic nitrogens is 1. The van der Waals surface area contributed by atoms with Crippen LogP contribution in [-0.2, 0) is 13.0 Å². The number of hydrogen-bond donors (Lipinski definition) is 1. The van der Waals surface area contributed by atoms with E-state index in [4.69, 9.17) is 10.5 Å². The van der Waals surface area contributed by atoms with Crippen LogP contribution in [0.1, 0.15) is 34.8 Å². The molecule has 0 aliphatic heterocycles. The zero-order chi connectivity index (χ0) is 22.8. The molecular formula is C29H26N2O2. The molecular weight excluding hydrogens is 408 g/mol. The second kappa shape index (κ2) is 8.83. The molecule has 0 unspecified atom stereocenters. The van der Waals surface area contributed by atoms with Gasteiger partial charge in [0.2, 0.25) is 5.91 Å². The zero-order valence-corrected chi connectivity index (χ0v) is 18.6. The van der Waals surface area contributed by atoms with Gasteiger partial charge in [0.1, 0.15) is 11.5 Å².